The number of rotatable bonds is 5. The Bertz CT molecular complexity index is 824. The number of hydrogen-bond acceptors (Lipinski definition) is 2. The topological polar surface area (TPSA) is 15.3 Å². The molecule has 3 aromatic carbocycles. The van der Waals surface area contributed by atoms with Crippen molar-refractivity contribution in [2.45, 2.75) is 18.9 Å². The van der Waals surface area contributed by atoms with Crippen LogP contribution in [0.25, 0.3) is 21.5 Å². The molecule has 0 saturated carbocycles. The van der Waals surface area contributed by atoms with Gasteiger partial charge >= 0.3 is 0 Å². The van der Waals surface area contributed by atoms with E-state index in [1.54, 1.807) is 0 Å². The van der Waals surface area contributed by atoms with Gasteiger partial charge in [-0.1, -0.05) is 54.6 Å². The number of nitrogens with one attached hydrogen (secondary N) is 1. The monoisotopic (exact) mass is 330 g/mol. The van der Waals surface area contributed by atoms with Gasteiger partial charge in [0.15, 0.2) is 0 Å². The Hall–Kier alpha value is -2.16. The summed E-state index contributed by atoms with van der Waals surface area (Å²) in [5.74, 6) is 0. The highest BCUT2D eigenvalue weighted by atomic mass is 15.2. The Kier molecular flexibility index (Phi) is 4.82. The van der Waals surface area contributed by atoms with E-state index in [1.807, 2.05) is 0 Å². The van der Waals surface area contributed by atoms with Gasteiger partial charge in [0.25, 0.3) is 0 Å². The van der Waals surface area contributed by atoms with Gasteiger partial charge in [0.1, 0.15) is 0 Å². The van der Waals surface area contributed by atoms with Crippen LogP contribution in [-0.2, 0) is 0 Å². The molecule has 1 atom stereocenters. The van der Waals surface area contributed by atoms with Crippen molar-refractivity contribution in [1.82, 2.24) is 10.2 Å². The molecule has 0 aliphatic carbocycles. The second-order valence-electron chi connectivity index (χ2n) is 6.90. The van der Waals surface area contributed by atoms with E-state index in [1.165, 1.54) is 27.1 Å². The lowest BCUT2D eigenvalue weighted by atomic mass is 9.89. The largest absolute Gasteiger partial charge is 0.314 e. The second kappa shape index (κ2) is 7.38. The number of allylic oxidation sites excluding steroid dienone is 1. The lowest BCUT2D eigenvalue weighted by molar-refractivity contribution is 0.168. The first kappa shape index (κ1) is 16.3. The maximum absolute atomic E-state index is 3.97. The van der Waals surface area contributed by atoms with Crippen molar-refractivity contribution < 1.29 is 0 Å². The average Bonchev–Trinajstić information content (AvgIpc) is 2.68. The molecular weight excluding hydrogens is 304 g/mol. The van der Waals surface area contributed by atoms with Crippen LogP contribution in [-0.4, -0.2) is 31.1 Å². The lowest BCUT2D eigenvalue weighted by Gasteiger charge is -2.36. The van der Waals surface area contributed by atoms with Gasteiger partial charge in [0, 0.05) is 32.2 Å². The van der Waals surface area contributed by atoms with Gasteiger partial charge in [0.2, 0.25) is 0 Å². The third kappa shape index (κ3) is 3.20. The van der Waals surface area contributed by atoms with Crippen LogP contribution in [0.15, 0.2) is 67.3 Å². The predicted molar refractivity (Wildman–Crippen MR) is 108 cm³/mol. The standard InChI is InChI=1S/C23H26N2/c1-2-3-12-22(25-15-13-24-14-16-25)23-20-10-6-4-8-18(20)17-19-9-5-7-11-21(19)23/h2,4-11,17,22,24H,1,3,12-16H2/t22-/m1/s1. The molecule has 1 aliphatic heterocycles. The first-order chi connectivity index (χ1) is 12.4. The zero-order valence-corrected chi connectivity index (χ0v) is 14.7. The number of piperazine rings is 1. The Labute approximate surface area is 150 Å². The fraction of sp³-hybridized carbons (Fsp3) is 0.304. The SMILES string of the molecule is C=CCC[C@H](c1c2ccccc2cc2ccccc12)N1CCNCC1. The molecule has 0 bridgehead atoms. The van der Waals surface area contributed by atoms with Crippen LogP contribution in [0.5, 0.6) is 0 Å². The molecule has 1 heterocycles. The average molecular weight is 330 g/mol. The van der Waals surface area contributed by atoms with E-state index in [0.717, 1.165) is 39.0 Å². The summed E-state index contributed by atoms with van der Waals surface area (Å²) in [6.45, 7) is 8.34. The molecule has 0 radical (unpaired) electrons. The van der Waals surface area contributed by atoms with Crippen molar-refractivity contribution >= 4 is 21.5 Å². The number of nitrogens with zero attached hydrogens (tertiary/aromatic N) is 1. The van der Waals surface area contributed by atoms with Crippen molar-refractivity contribution in [2.24, 2.45) is 0 Å². The van der Waals surface area contributed by atoms with Crippen LogP contribution in [0.2, 0.25) is 0 Å². The van der Waals surface area contributed by atoms with Crippen molar-refractivity contribution in [1.29, 1.82) is 0 Å². The maximum Gasteiger partial charge on any atom is 0.0364 e. The van der Waals surface area contributed by atoms with Gasteiger partial charge in [-0.3, -0.25) is 4.90 Å². The Balaban J connectivity index is 1.94. The summed E-state index contributed by atoms with van der Waals surface area (Å²) in [6, 6.07) is 20.5. The summed E-state index contributed by atoms with van der Waals surface area (Å²) >= 11 is 0. The summed E-state index contributed by atoms with van der Waals surface area (Å²) in [5, 5.41) is 8.97. The van der Waals surface area contributed by atoms with Gasteiger partial charge in [0.05, 0.1) is 0 Å². The summed E-state index contributed by atoms with van der Waals surface area (Å²) in [6.07, 6.45) is 4.23. The first-order valence-electron chi connectivity index (χ1n) is 9.34. The van der Waals surface area contributed by atoms with Crippen molar-refractivity contribution in [2.75, 3.05) is 26.2 Å². The molecule has 1 fully saturated rings. The Morgan fingerprint density at radius 1 is 0.960 bits per heavy atom. The summed E-state index contributed by atoms with van der Waals surface area (Å²) in [5.41, 5.74) is 1.50. The summed E-state index contributed by atoms with van der Waals surface area (Å²) in [7, 11) is 0. The Morgan fingerprint density at radius 3 is 2.16 bits per heavy atom. The zero-order valence-electron chi connectivity index (χ0n) is 14.7. The summed E-state index contributed by atoms with van der Waals surface area (Å²) in [4.78, 5) is 2.66. The maximum atomic E-state index is 3.97. The van der Waals surface area contributed by atoms with E-state index >= 15 is 0 Å². The molecule has 0 unspecified atom stereocenters. The van der Waals surface area contributed by atoms with Crippen LogP contribution in [0, 0.1) is 0 Å². The molecule has 0 aromatic heterocycles. The minimum atomic E-state index is 0.441. The van der Waals surface area contributed by atoms with Crippen LogP contribution in [0.4, 0.5) is 0 Å². The molecule has 0 spiro atoms. The van der Waals surface area contributed by atoms with Crippen LogP contribution in [0.3, 0.4) is 0 Å². The number of hydrogen-bond donors (Lipinski definition) is 1. The first-order valence-corrected chi connectivity index (χ1v) is 9.34. The van der Waals surface area contributed by atoms with Gasteiger partial charge in [-0.05, 0) is 46.0 Å². The number of benzene rings is 3. The normalized spacial score (nSPS) is 17.0. The van der Waals surface area contributed by atoms with E-state index in [4.69, 9.17) is 0 Å². The van der Waals surface area contributed by atoms with E-state index in [0.29, 0.717) is 6.04 Å². The zero-order chi connectivity index (χ0) is 17.1. The molecule has 3 aromatic rings. The highest BCUT2D eigenvalue weighted by molar-refractivity contribution is 6.02. The van der Waals surface area contributed by atoms with Crippen LogP contribution >= 0.6 is 0 Å². The van der Waals surface area contributed by atoms with Crippen LogP contribution < -0.4 is 5.32 Å². The van der Waals surface area contributed by atoms with Crippen LogP contribution in [0.1, 0.15) is 24.4 Å². The fourth-order valence-corrected chi connectivity index (χ4v) is 4.19. The second-order valence-corrected chi connectivity index (χ2v) is 6.90. The third-order valence-corrected chi connectivity index (χ3v) is 5.38. The van der Waals surface area contributed by atoms with Gasteiger partial charge < -0.3 is 5.32 Å². The van der Waals surface area contributed by atoms with Gasteiger partial charge in [-0.2, -0.15) is 0 Å². The third-order valence-electron chi connectivity index (χ3n) is 5.38. The van der Waals surface area contributed by atoms with E-state index in [-0.39, 0.29) is 0 Å². The van der Waals surface area contributed by atoms with Crippen molar-refractivity contribution in [3.8, 4) is 0 Å². The van der Waals surface area contributed by atoms with Gasteiger partial charge in [-0.15, -0.1) is 6.58 Å². The number of fused-ring (bicyclic) bond motifs is 2. The van der Waals surface area contributed by atoms with E-state index in [9.17, 15) is 0 Å². The molecule has 2 heteroatoms. The quantitative estimate of drug-likeness (QED) is 0.528. The molecule has 25 heavy (non-hydrogen) atoms. The summed E-state index contributed by atoms with van der Waals surface area (Å²) < 4.78 is 0. The van der Waals surface area contributed by atoms with E-state index in [2.05, 4.69) is 77.5 Å². The van der Waals surface area contributed by atoms with E-state index < -0.39 is 0 Å². The molecule has 2 nitrogen and oxygen atoms in total. The van der Waals surface area contributed by atoms with Crippen molar-refractivity contribution in [3.63, 3.8) is 0 Å². The molecule has 0 amide bonds. The molecule has 1 N–H and O–H groups in total. The smallest absolute Gasteiger partial charge is 0.0364 e. The molecule has 4 rings (SSSR count). The minimum absolute atomic E-state index is 0.441. The molecular formula is C23H26N2. The van der Waals surface area contributed by atoms with Gasteiger partial charge in [-0.25, -0.2) is 0 Å². The minimum Gasteiger partial charge on any atom is -0.314 e. The fourth-order valence-electron chi connectivity index (χ4n) is 4.19. The highest BCUT2D eigenvalue weighted by Gasteiger charge is 2.24. The molecule has 128 valence electrons. The molecule has 1 aliphatic rings. The Morgan fingerprint density at radius 2 is 1.56 bits per heavy atom. The molecule has 1 saturated heterocycles. The van der Waals surface area contributed by atoms with Crippen molar-refractivity contribution in [3.05, 3.63) is 72.8 Å². The predicted octanol–water partition coefficient (Wildman–Crippen LogP) is 4.91. The lowest BCUT2D eigenvalue weighted by Crippen LogP contribution is -2.45. The highest BCUT2D eigenvalue weighted by Crippen LogP contribution is 2.37.